The fourth-order valence-electron chi connectivity index (χ4n) is 9.99. The van der Waals surface area contributed by atoms with Crippen LogP contribution in [0.15, 0.2) is 36.5 Å². The Kier molecular flexibility index (Phi) is 4.53. The molecule has 0 N–H and O–H groups in total. The van der Waals surface area contributed by atoms with Gasteiger partial charge in [0.2, 0.25) is 5.52 Å². The summed E-state index contributed by atoms with van der Waals surface area (Å²) >= 11 is 0. The highest BCUT2D eigenvalue weighted by atomic mass is 15.1. The van der Waals surface area contributed by atoms with Gasteiger partial charge in [-0.05, 0) is 88.5 Å². The van der Waals surface area contributed by atoms with Crippen LogP contribution in [0.3, 0.4) is 0 Å². The summed E-state index contributed by atoms with van der Waals surface area (Å²) in [6.07, 6.45) is 17.3. The molecule has 2 bridgehead atoms. The monoisotopic (exact) mass is 466 g/mol. The molecule has 4 unspecified atom stereocenters. The summed E-state index contributed by atoms with van der Waals surface area (Å²) < 4.78 is 2.68. The van der Waals surface area contributed by atoms with Gasteiger partial charge in [-0.2, -0.15) is 4.57 Å². The largest absolute Gasteiger partial charge is 0.221 e. The molecule has 1 aromatic heterocycles. The second kappa shape index (κ2) is 7.11. The lowest BCUT2D eigenvalue weighted by Crippen LogP contribution is -2.58. The van der Waals surface area contributed by atoms with Crippen LogP contribution in [0.1, 0.15) is 121 Å². The molecule has 35 heavy (non-hydrogen) atoms. The van der Waals surface area contributed by atoms with Gasteiger partial charge >= 0.3 is 0 Å². The van der Waals surface area contributed by atoms with Gasteiger partial charge in [0.25, 0.3) is 0 Å². The number of pyridine rings is 1. The average Bonchev–Trinajstić information content (AvgIpc) is 3.32. The lowest BCUT2D eigenvalue weighted by atomic mass is 9.70. The van der Waals surface area contributed by atoms with E-state index in [0.29, 0.717) is 16.2 Å². The number of fused-ring (bicyclic) bond motifs is 7. The standard InChI is InChI=1S/C34H44N/c1-6-9-10-15-33-19-25-18-31(4,21-32(33,5)22-33)27-17-24-20-34(7-2,8-3)35-16-11-12-23-13-14-26(28(25)27)29(24)30(23)35/h11-14,16-17,25H,6-10,15,18-22H2,1-5H3/q+1. The molecule has 3 aromatic rings. The van der Waals surface area contributed by atoms with Crippen molar-refractivity contribution in [1.82, 2.24) is 0 Å². The lowest BCUT2D eigenvalue weighted by Gasteiger charge is -2.35. The summed E-state index contributed by atoms with van der Waals surface area (Å²) in [5.41, 5.74) is 8.38. The second-order valence-electron chi connectivity index (χ2n) is 13.7. The van der Waals surface area contributed by atoms with Gasteiger partial charge in [0, 0.05) is 30.7 Å². The van der Waals surface area contributed by atoms with Crippen LogP contribution >= 0.6 is 0 Å². The van der Waals surface area contributed by atoms with Crippen LogP contribution in [0.5, 0.6) is 0 Å². The minimum absolute atomic E-state index is 0.206. The van der Waals surface area contributed by atoms with Crippen molar-refractivity contribution < 1.29 is 4.57 Å². The fraction of sp³-hybridized carbons (Fsp3) is 0.618. The van der Waals surface area contributed by atoms with E-state index in [-0.39, 0.29) is 5.54 Å². The van der Waals surface area contributed by atoms with Gasteiger partial charge in [-0.1, -0.05) is 66.0 Å². The van der Waals surface area contributed by atoms with E-state index in [1.807, 2.05) is 0 Å². The fourth-order valence-corrected chi connectivity index (χ4v) is 9.99. The van der Waals surface area contributed by atoms with E-state index in [4.69, 9.17) is 0 Å². The Morgan fingerprint density at radius 2 is 1.80 bits per heavy atom. The predicted octanol–water partition coefficient (Wildman–Crippen LogP) is 8.87. The van der Waals surface area contributed by atoms with Gasteiger partial charge < -0.3 is 0 Å². The number of benzene rings is 2. The molecule has 0 saturated heterocycles. The summed E-state index contributed by atoms with van der Waals surface area (Å²) in [6.45, 7) is 12.5. The molecule has 0 radical (unpaired) electrons. The van der Waals surface area contributed by atoms with E-state index < -0.39 is 0 Å². The van der Waals surface area contributed by atoms with E-state index in [1.54, 1.807) is 27.5 Å². The van der Waals surface area contributed by atoms with Gasteiger partial charge in [0.05, 0.1) is 5.39 Å². The summed E-state index contributed by atoms with van der Waals surface area (Å²) in [5, 5.41) is 4.61. The molecule has 7 rings (SSSR count). The molecule has 2 aromatic carbocycles. The second-order valence-corrected chi connectivity index (χ2v) is 13.7. The van der Waals surface area contributed by atoms with Crippen LogP contribution in [-0.4, -0.2) is 0 Å². The number of unbranched alkanes of at least 4 members (excludes halogenated alkanes) is 2. The van der Waals surface area contributed by atoms with Crippen molar-refractivity contribution in [3.05, 3.63) is 53.2 Å². The number of hydrogen-bond acceptors (Lipinski definition) is 0. The summed E-state index contributed by atoms with van der Waals surface area (Å²) in [4.78, 5) is 0. The maximum atomic E-state index is 2.74. The minimum Gasteiger partial charge on any atom is -0.192 e. The van der Waals surface area contributed by atoms with E-state index in [0.717, 1.165) is 5.92 Å². The Morgan fingerprint density at radius 3 is 2.57 bits per heavy atom. The van der Waals surface area contributed by atoms with E-state index in [1.165, 1.54) is 81.5 Å². The van der Waals surface area contributed by atoms with Crippen molar-refractivity contribution >= 4 is 21.7 Å². The van der Waals surface area contributed by atoms with Gasteiger partial charge in [0.15, 0.2) is 11.7 Å². The van der Waals surface area contributed by atoms with Gasteiger partial charge in [0.1, 0.15) is 0 Å². The third-order valence-electron chi connectivity index (χ3n) is 11.8. The third-order valence-corrected chi connectivity index (χ3v) is 11.8. The zero-order valence-corrected chi connectivity index (χ0v) is 22.8. The molecular weight excluding hydrogens is 422 g/mol. The normalized spacial score (nSPS) is 33.7. The summed E-state index contributed by atoms with van der Waals surface area (Å²) in [6, 6.07) is 12.3. The molecule has 2 saturated carbocycles. The van der Waals surface area contributed by atoms with Crippen molar-refractivity contribution in [1.29, 1.82) is 0 Å². The molecule has 1 aliphatic heterocycles. The van der Waals surface area contributed by atoms with E-state index >= 15 is 0 Å². The topological polar surface area (TPSA) is 3.88 Å². The Balaban J connectivity index is 1.46. The molecule has 0 spiro atoms. The number of nitrogens with zero attached hydrogens (tertiary/aromatic N) is 1. The Morgan fingerprint density at radius 1 is 0.971 bits per heavy atom. The number of rotatable bonds is 6. The van der Waals surface area contributed by atoms with Gasteiger partial charge in [-0.15, -0.1) is 0 Å². The van der Waals surface area contributed by atoms with Crippen molar-refractivity contribution in [2.24, 2.45) is 10.8 Å². The molecule has 2 fully saturated rings. The highest BCUT2D eigenvalue weighted by Crippen LogP contribution is 2.78. The highest BCUT2D eigenvalue weighted by Gasteiger charge is 2.68. The molecule has 1 heteroatoms. The maximum Gasteiger partial charge on any atom is 0.221 e. The summed E-state index contributed by atoms with van der Waals surface area (Å²) in [5.74, 6) is 0.744. The van der Waals surface area contributed by atoms with Crippen LogP contribution in [-0.2, 0) is 17.4 Å². The maximum absolute atomic E-state index is 2.74. The Labute approximate surface area is 212 Å². The zero-order chi connectivity index (χ0) is 24.2. The lowest BCUT2D eigenvalue weighted by molar-refractivity contribution is -0.744. The van der Waals surface area contributed by atoms with Crippen molar-refractivity contribution in [2.75, 3.05) is 0 Å². The van der Waals surface area contributed by atoms with Crippen LogP contribution < -0.4 is 4.57 Å². The SMILES string of the molecule is CCCCCC12CC3CC(C)(CC1(C)C2)c1cc2c4c(ccc5ccc[n+](c54)C(CC)(CC)C2)c13. The number of aromatic nitrogens is 1. The molecule has 1 nitrogen and oxygen atoms in total. The van der Waals surface area contributed by atoms with Crippen LogP contribution in [0.2, 0.25) is 0 Å². The Bertz CT molecular complexity index is 1360. The first-order valence-electron chi connectivity index (χ1n) is 14.8. The van der Waals surface area contributed by atoms with Crippen molar-refractivity contribution in [3.63, 3.8) is 0 Å². The molecule has 4 aliphatic rings. The van der Waals surface area contributed by atoms with E-state index in [2.05, 4.69) is 75.7 Å². The Hall–Kier alpha value is -1.89. The first-order chi connectivity index (χ1) is 16.8. The van der Waals surface area contributed by atoms with Crippen LogP contribution in [0.25, 0.3) is 21.7 Å². The zero-order valence-electron chi connectivity index (χ0n) is 22.8. The first-order valence-corrected chi connectivity index (χ1v) is 14.8. The molecule has 184 valence electrons. The van der Waals surface area contributed by atoms with Crippen LogP contribution in [0, 0.1) is 10.8 Å². The van der Waals surface area contributed by atoms with Gasteiger partial charge in [-0.3, -0.25) is 0 Å². The quantitative estimate of drug-likeness (QED) is 0.194. The molecule has 3 aliphatic carbocycles. The molecule has 2 heterocycles. The molecular formula is C34H44N+. The van der Waals surface area contributed by atoms with Crippen molar-refractivity contribution in [3.8, 4) is 0 Å². The number of hydrogen-bond donors (Lipinski definition) is 0. The highest BCUT2D eigenvalue weighted by molar-refractivity contribution is 6.08. The summed E-state index contributed by atoms with van der Waals surface area (Å²) in [7, 11) is 0. The average molecular weight is 467 g/mol. The third kappa shape index (κ3) is 2.74. The molecule has 4 atom stereocenters. The van der Waals surface area contributed by atoms with Crippen LogP contribution in [0.4, 0.5) is 0 Å². The first kappa shape index (κ1) is 22.3. The van der Waals surface area contributed by atoms with Crippen molar-refractivity contribution in [2.45, 2.75) is 122 Å². The predicted molar refractivity (Wildman–Crippen MR) is 147 cm³/mol. The van der Waals surface area contributed by atoms with Gasteiger partial charge in [-0.25, -0.2) is 0 Å². The van der Waals surface area contributed by atoms with E-state index in [9.17, 15) is 0 Å². The minimum atomic E-state index is 0.206. The smallest absolute Gasteiger partial charge is 0.192 e. The molecule has 0 amide bonds.